The molecule has 0 saturated heterocycles. The molecule has 0 unspecified atom stereocenters. The second-order valence-electron chi connectivity index (χ2n) is 9.54. The number of nitrogens with zero attached hydrogens (tertiary/aromatic N) is 1. The average Bonchev–Trinajstić information content (AvgIpc) is 3.67. The van der Waals surface area contributed by atoms with Crippen LogP contribution in [0.2, 0.25) is 0 Å². The van der Waals surface area contributed by atoms with Crippen molar-refractivity contribution in [2.24, 2.45) is 5.92 Å². The van der Waals surface area contributed by atoms with Crippen LogP contribution in [0.5, 0.6) is 5.75 Å². The Hall–Kier alpha value is -3.60. The Labute approximate surface area is 217 Å². The summed E-state index contributed by atoms with van der Waals surface area (Å²) in [6, 6.07) is 13.1. The van der Waals surface area contributed by atoms with Gasteiger partial charge in [0.15, 0.2) is 6.61 Å². The summed E-state index contributed by atoms with van der Waals surface area (Å²) in [5.41, 5.74) is 0.131. The van der Waals surface area contributed by atoms with E-state index in [0.29, 0.717) is 12.5 Å². The molecule has 0 bridgehead atoms. The van der Waals surface area contributed by atoms with Gasteiger partial charge in [-0.3, -0.25) is 9.10 Å². The fraction of sp³-hybridized carbons (Fsp3) is 0.423. The highest BCUT2D eigenvalue weighted by atomic mass is 32.2. The predicted octanol–water partition coefficient (Wildman–Crippen LogP) is 3.05. The lowest BCUT2D eigenvalue weighted by Crippen LogP contribution is -2.34. The van der Waals surface area contributed by atoms with Gasteiger partial charge in [-0.25, -0.2) is 18.0 Å². The molecule has 0 heterocycles. The Kier molecular flexibility index (Phi) is 9.51. The van der Waals surface area contributed by atoms with Gasteiger partial charge in [0.25, 0.3) is 0 Å². The minimum absolute atomic E-state index is 0.0451. The highest BCUT2D eigenvalue weighted by Crippen LogP contribution is 2.34. The number of esters is 3. The van der Waals surface area contributed by atoms with E-state index in [-0.39, 0.29) is 23.6 Å². The van der Waals surface area contributed by atoms with Crippen LogP contribution in [-0.2, 0) is 41.3 Å². The molecule has 0 radical (unpaired) electrons. The maximum Gasteiger partial charge on any atom is 0.344 e. The lowest BCUT2D eigenvalue weighted by atomic mass is 10.2. The molecule has 1 fully saturated rings. The van der Waals surface area contributed by atoms with Crippen LogP contribution < -0.4 is 9.04 Å². The van der Waals surface area contributed by atoms with Gasteiger partial charge in [-0.05, 0) is 63.3 Å². The maximum absolute atomic E-state index is 12.6. The molecule has 0 aromatic heterocycles. The van der Waals surface area contributed by atoms with Gasteiger partial charge in [-0.15, -0.1) is 0 Å². The quantitative estimate of drug-likeness (QED) is 0.249. The van der Waals surface area contributed by atoms with E-state index >= 15 is 0 Å². The highest BCUT2D eigenvalue weighted by Gasteiger charge is 2.26. The molecule has 37 heavy (non-hydrogen) atoms. The van der Waals surface area contributed by atoms with Crippen molar-refractivity contribution < 1.29 is 41.7 Å². The summed E-state index contributed by atoms with van der Waals surface area (Å²) in [4.78, 5) is 36.9. The van der Waals surface area contributed by atoms with Crippen molar-refractivity contribution in [3.8, 4) is 5.75 Å². The van der Waals surface area contributed by atoms with Crippen LogP contribution in [0, 0.1) is 5.92 Å². The standard InChI is InChI=1S/C26H31NO9S/c1-26(2,3)36-23(28)14-27(37(31)32)21-12-11-20(13-22(21)33-15-19-9-10-19)25(30)35-17-24(29)34-16-18-7-5-4-6-8-18/h4-8,11-13,19,37H,9-10,14-17H2,1-3H3. The Morgan fingerprint density at radius 2 is 1.68 bits per heavy atom. The molecule has 3 rings (SSSR count). The third kappa shape index (κ3) is 9.41. The fourth-order valence-electron chi connectivity index (χ4n) is 3.18. The van der Waals surface area contributed by atoms with E-state index in [4.69, 9.17) is 18.9 Å². The van der Waals surface area contributed by atoms with Crippen LogP contribution in [0.3, 0.4) is 0 Å². The van der Waals surface area contributed by atoms with Gasteiger partial charge in [0.1, 0.15) is 24.5 Å². The number of anilines is 1. The Bertz CT molecular complexity index is 1180. The molecule has 0 N–H and O–H groups in total. The molecule has 10 nitrogen and oxygen atoms in total. The lowest BCUT2D eigenvalue weighted by molar-refractivity contribution is -0.152. The largest absolute Gasteiger partial charge is 0.491 e. The first kappa shape index (κ1) is 28.0. The van der Waals surface area contributed by atoms with Crippen molar-refractivity contribution in [3.63, 3.8) is 0 Å². The second-order valence-corrected chi connectivity index (χ2v) is 10.5. The van der Waals surface area contributed by atoms with Gasteiger partial charge in [0.05, 0.1) is 17.9 Å². The number of carbonyl (C=O) groups excluding carboxylic acids is 3. The van der Waals surface area contributed by atoms with Gasteiger partial charge in [-0.2, -0.15) is 0 Å². The molecule has 11 heteroatoms. The summed E-state index contributed by atoms with van der Waals surface area (Å²) in [7, 11) is -3.23. The zero-order valence-electron chi connectivity index (χ0n) is 21.0. The van der Waals surface area contributed by atoms with Crippen LogP contribution in [0.15, 0.2) is 48.5 Å². The molecule has 1 aliphatic carbocycles. The van der Waals surface area contributed by atoms with E-state index in [1.54, 1.807) is 32.9 Å². The first-order valence-electron chi connectivity index (χ1n) is 11.8. The number of hydrogen-bond donors (Lipinski definition) is 1. The normalized spacial score (nSPS) is 13.1. The van der Waals surface area contributed by atoms with E-state index in [2.05, 4.69) is 0 Å². The van der Waals surface area contributed by atoms with Crippen molar-refractivity contribution in [2.75, 3.05) is 24.1 Å². The van der Waals surface area contributed by atoms with Crippen molar-refractivity contribution in [1.29, 1.82) is 0 Å². The number of carbonyl (C=O) groups is 3. The molecule has 0 spiro atoms. The summed E-state index contributed by atoms with van der Waals surface area (Å²) in [5, 5.41) is 0. The van der Waals surface area contributed by atoms with E-state index in [0.717, 1.165) is 22.7 Å². The van der Waals surface area contributed by atoms with E-state index in [1.807, 2.05) is 18.2 Å². The first-order valence-corrected chi connectivity index (χ1v) is 12.9. The third-order valence-corrected chi connectivity index (χ3v) is 5.86. The number of rotatable bonds is 12. The number of ether oxygens (including phenoxy) is 4. The van der Waals surface area contributed by atoms with Crippen LogP contribution >= 0.6 is 0 Å². The second kappa shape index (κ2) is 12.6. The predicted molar refractivity (Wildman–Crippen MR) is 135 cm³/mol. The summed E-state index contributed by atoms with van der Waals surface area (Å²) < 4.78 is 46.1. The summed E-state index contributed by atoms with van der Waals surface area (Å²) in [5.74, 6) is -1.84. The van der Waals surface area contributed by atoms with E-state index in [1.165, 1.54) is 18.2 Å². The molecule has 2 aromatic carbocycles. The smallest absolute Gasteiger partial charge is 0.344 e. The average molecular weight is 534 g/mol. The molecule has 0 amide bonds. The molecule has 2 aromatic rings. The molecule has 1 aliphatic rings. The first-order chi connectivity index (χ1) is 17.5. The monoisotopic (exact) mass is 533 g/mol. The minimum atomic E-state index is -3.23. The molecule has 1 saturated carbocycles. The zero-order chi connectivity index (χ0) is 27.0. The number of benzene rings is 2. The summed E-state index contributed by atoms with van der Waals surface area (Å²) >= 11 is 0. The van der Waals surface area contributed by atoms with Gasteiger partial charge in [0, 0.05) is 0 Å². The molecule has 0 atom stereocenters. The topological polar surface area (TPSA) is 126 Å². The van der Waals surface area contributed by atoms with Crippen LogP contribution in [0.25, 0.3) is 0 Å². The van der Waals surface area contributed by atoms with Crippen molar-refractivity contribution in [2.45, 2.75) is 45.8 Å². The van der Waals surface area contributed by atoms with Crippen molar-refractivity contribution >= 4 is 34.5 Å². The molecular weight excluding hydrogens is 502 g/mol. The SMILES string of the molecule is CC(C)(C)OC(=O)CN(c1ccc(C(=O)OCC(=O)OCc2ccccc2)cc1OCC1CC1)[SH](=O)=O. The Morgan fingerprint density at radius 1 is 0.973 bits per heavy atom. The molecule has 200 valence electrons. The Balaban J connectivity index is 1.69. The van der Waals surface area contributed by atoms with Gasteiger partial charge in [0.2, 0.25) is 10.9 Å². The number of hydrogen-bond acceptors (Lipinski definition) is 9. The van der Waals surface area contributed by atoms with Crippen LogP contribution in [0.1, 0.15) is 49.5 Å². The van der Waals surface area contributed by atoms with Crippen LogP contribution in [-0.4, -0.2) is 51.7 Å². The number of thiol groups is 1. The lowest BCUT2D eigenvalue weighted by Gasteiger charge is -2.24. The zero-order valence-corrected chi connectivity index (χ0v) is 21.9. The van der Waals surface area contributed by atoms with Gasteiger partial charge < -0.3 is 18.9 Å². The van der Waals surface area contributed by atoms with E-state index in [9.17, 15) is 22.8 Å². The van der Waals surface area contributed by atoms with Gasteiger partial charge >= 0.3 is 17.9 Å². The van der Waals surface area contributed by atoms with Crippen molar-refractivity contribution in [3.05, 3.63) is 59.7 Å². The van der Waals surface area contributed by atoms with Gasteiger partial charge in [-0.1, -0.05) is 30.3 Å². The highest BCUT2D eigenvalue weighted by molar-refractivity contribution is 7.74. The third-order valence-electron chi connectivity index (χ3n) is 5.10. The summed E-state index contributed by atoms with van der Waals surface area (Å²) in [6.07, 6.45) is 1.97. The fourth-order valence-corrected chi connectivity index (χ4v) is 3.75. The molecule has 0 aliphatic heterocycles. The molecular formula is C26H31NO9S. The summed E-state index contributed by atoms with van der Waals surface area (Å²) in [6.45, 7) is 4.24. The Morgan fingerprint density at radius 3 is 2.30 bits per heavy atom. The van der Waals surface area contributed by atoms with E-state index < -0.39 is 47.6 Å². The maximum atomic E-state index is 12.6. The van der Waals surface area contributed by atoms with Crippen LogP contribution in [0.4, 0.5) is 5.69 Å². The minimum Gasteiger partial charge on any atom is -0.491 e. The van der Waals surface area contributed by atoms with Crippen molar-refractivity contribution in [1.82, 2.24) is 0 Å².